The Bertz CT molecular complexity index is 840. The topological polar surface area (TPSA) is 95.1 Å². The van der Waals surface area contributed by atoms with Crippen molar-refractivity contribution >= 4 is 11.7 Å². The molecule has 1 N–H and O–H groups in total. The summed E-state index contributed by atoms with van der Waals surface area (Å²) >= 11 is 0. The van der Waals surface area contributed by atoms with Crippen LogP contribution in [0.5, 0.6) is 5.75 Å². The number of hydrogen-bond acceptors (Lipinski definition) is 6. The largest absolute Gasteiger partial charge is 0.487 e. The standard InChI is InChI=1S/C16H17N5O3/c1-11-4-3-5-14(6-11)23-10-13-8-21(20-18-13)9-16(22)17-15-7-12(2)24-19-15/h3-8H,9-10H2,1-2H3,(H,17,19,22). The molecule has 0 saturated heterocycles. The summed E-state index contributed by atoms with van der Waals surface area (Å²) in [6.45, 7) is 4.07. The highest BCUT2D eigenvalue weighted by molar-refractivity contribution is 5.89. The van der Waals surface area contributed by atoms with Crippen LogP contribution in [0.2, 0.25) is 0 Å². The molecule has 3 rings (SSSR count). The third-order valence-corrected chi connectivity index (χ3v) is 3.16. The van der Waals surface area contributed by atoms with Crippen LogP contribution in [0, 0.1) is 13.8 Å². The Hall–Kier alpha value is -3.16. The summed E-state index contributed by atoms with van der Waals surface area (Å²) in [5.41, 5.74) is 1.76. The maximum Gasteiger partial charge on any atom is 0.247 e. The lowest BCUT2D eigenvalue weighted by atomic mass is 10.2. The molecule has 0 spiro atoms. The van der Waals surface area contributed by atoms with Crippen LogP contribution in [-0.4, -0.2) is 26.1 Å². The van der Waals surface area contributed by atoms with E-state index in [1.165, 1.54) is 4.68 Å². The lowest BCUT2D eigenvalue weighted by Crippen LogP contribution is -2.19. The predicted octanol–water partition coefficient (Wildman–Crippen LogP) is 2.10. The smallest absolute Gasteiger partial charge is 0.247 e. The molecule has 0 unspecified atom stereocenters. The van der Waals surface area contributed by atoms with E-state index < -0.39 is 0 Å². The predicted molar refractivity (Wildman–Crippen MR) is 85.4 cm³/mol. The zero-order chi connectivity index (χ0) is 16.9. The molecule has 1 amide bonds. The molecule has 0 radical (unpaired) electrons. The van der Waals surface area contributed by atoms with Crippen molar-refractivity contribution in [1.82, 2.24) is 20.2 Å². The van der Waals surface area contributed by atoms with Gasteiger partial charge in [-0.05, 0) is 31.5 Å². The Kier molecular flexibility index (Phi) is 4.55. The van der Waals surface area contributed by atoms with Gasteiger partial charge in [-0.2, -0.15) is 0 Å². The molecule has 124 valence electrons. The third-order valence-electron chi connectivity index (χ3n) is 3.16. The first kappa shape index (κ1) is 15.7. The fourth-order valence-electron chi connectivity index (χ4n) is 2.10. The van der Waals surface area contributed by atoms with E-state index in [-0.39, 0.29) is 19.1 Å². The first-order chi connectivity index (χ1) is 11.6. The second kappa shape index (κ2) is 6.95. The molecule has 0 aliphatic heterocycles. The molecular formula is C16H17N5O3. The Labute approximate surface area is 138 Å². The summed E-state index contributed by atoms with van der Waals surface area (Å²) in [5.74, 6) is 1.50. The van der Waals surface area contributed by atoms with Crippen molar-refractivity contribution in [2.75, 3.05) is 5.32 Å². The molecule has 0 fully saturated rings. The van der Waals surface area contributed by atoms with E-state index in [0.717, 1.165) is 11.3 Å². The van der Waals surface area contributed by atoms with Crippen LogP contribution < -0.4 is 10.1 Å². The van der Waals surface area contributed by atoms with E-state index in [0.29, 0.717) is 17.3 Å². The first-order valence-corrected chi connectivity index (χ1v) is 7.40. The van der Waals surface area contributed by atoms with Gasteiger partial charge in [0.15, 0.2) is 5.82 Å². The lowest BCUT2D eigenvalue weighted by molar-refractivity contribution is -0.117. The summed E-state index contributed by atoms with van der Waals surface area (Å²) in [5, 5.41) is 14.2. The zero-order valence-corrected chi connectivity index (χ0v) is 13.4. The van der Waals surface area contributed by atoms with E-state index in [1.54, 1.807) is 19.2 Å². The number of aryl methyl sites for hydroxylation is 2. The normalized spacial score (nSPS) is 10.6. The fourth-order valence-corrected chi connectivity index (χ4v) is 2.10. The number of carbonyl (C=O) groups excluding carboxylic acids is 1. The van der Waals surface area contributed by atoms with Crippen molar-refractivity contribution in [3.8, 4) is 5.75 Å². The minimum absolute atomic E-state index is 0.0311. The monoisotopic (exact) mass is 327 g/mol. The van der Waals surface area contributed by atoms with Gasteiger partial charge in [0.2, 0.25) is 5.91 Å². The molecule has 0 saturated carbocycles. The van der Waals surface area contributed by atoms with Crippen molar-refractivity contribution in [2.45, 2.75) is 27.0 Å². The van der Waals surface area contributed by atoms with Crippen molar-refractivity contribution in [1.29, 1.82) is 0 Å². The molecule has 2 aromatic heterocycles. The number of hydrogen-bond donors (Lipinski definition) is 1. The maximum absolute atomic E-state index is 11.9. The van der Waals surface area contributed by atoms with E-state index in [9.17, 15) is 4.79 Å². The number of rotatable bonds is 6. The summed E-state index contributed by atoms with van der Waals surface area (Å²) in [6, 6.07) is 9.39. The van der Waals surface area contributed by atoms with E-state index in [4.69, 9.17) is 9.26 Å². The van der Waals surface area contributed by atoms with E-state index >= 15 is 0 Å². The van der Waals surface area contributed by atoms with Crippen LogP contribution in [-0.2, 0) is 17.9 Å². The van der Waals surface area contributed by atoms with Crippen molar-refractivity contribution in [3.63, 3.8) is 0 Å². The number of aromatic nitrogens is 4. The highest BCUT2D eigenvalue weighted by atomic mass is 16.5. The van der Waals surface area contributed by atoms with Crippen LogP contribution in [0.3, 0.4) is 0 Å². The number of nitrogens with one attached hydrogen (secondary N) is 1. The molecule has 0 atom stereocenters. The Morgan fingerprint density at radius 2 is 2.21 bits per heavy atom. The molecule has 0 bridgehead atoms. The highest BCUT2D eigenvalue weighted by Crippen LogP contribution is 2.13. The van der Waals surface area contributed by atoms with Gasteiger partial charge in [-0.25, -0.2) is 4.68 Å². The van der Waals surface area contributed by atoms with Crippen molar-refractivity contribution in [2.24, 2.45) is 0 Å². The molecule has 8 heteroatoms. The molecule has 24 heavy (non-hydrogen) atoms. The highest BCUT2D eigenvalue weighted by Gasteiger charge is 2.09. The van der Waals surface area contributed by atoms with Gasteiger partial charge >= 0.3 is 0 Å². The average molecular weight is 327 g/mol. The van der Waals surface area contributed by atoms with Crippen molar-refractivity contribution in [3.05, 3.63) is 53.5 Å². The van der Waals surface area contributed by atoms with Crippen LogP contribution in [0.4, 0.5) is 5.82 Å². The van der Waals surface area contributed by atoms with Gasteiger partial charge in [0.1, 0.15) is 30.4 Å². The first-order valence-electron chi connectivity index (χ1n) is 7.40. The number of carbonyl (C=O) groups is 1. The summed E-state index contributed by atoms with van der Waals surface area (Å²) in [7, 11) is 0. The van der Waals surface area contributed by atoms with Gasteiger partial charge in [0.05, 0.1) is 6.20 Å². The van der Waals surface area contributed by atoms with Crippen LogP contribution in [0.25, 0.3) is 0 Å². The van der Waals surface area contributed by atoms with Gasteiger partial charge < -0.3 is 14.6 Å². The Balaban J connectivity index is 1.52. The van der Waals surface area contributed by atoms with Crippen molar-refractivity contribution < 1.29 is 14.1 Å². The second-order valence-electron chi connectivity index (χ2n) is 5.38. The quantitative estimate of drug-likeness (QED) is 0.745. The zero-order valence-electron chi connectivity index (χ0n) is 13.4. The Morgan fingerprint density at radius 3 is 2.96 bits per heavy atom. The van der Waals surface area contributed by atoms with Gasteiger partial charge in [0.25, 0.3) is 0 Å². The van der Waals surface area contributed by atoms with E-state index in [1.807, 2.05) is 31.2 Å². The van der Waals surface area contributed by atoms with Crippen LogP contribution in [0.15, 0.2) is 41.1 Å². The summed E-state index contributed by atoms with van der Waals surface area (Å²) < 4.78 is 12.0. The molecule has 8 nitrogen and oxygen atoms in total. The number of anilines is 1. The third kappa shape index (κ3) is 4.19. The molecule has 0 aliphatic rings. The van der Waals surface area contributed by atoms with E-state index in [2.05, 4.69) is 20.8 Å². The van der Waals surface area contributed by atoms with Gasteiger partial charge in [-0.15, -0.1) is 5.10 Å². The molecule has 3 aromatic rings. The lowest BCUT2D eigenvalue weighted by Gasteiger charge is -2.04. The van der Waals surface area contributed by atoms with Gasteiger partial charge in [-0.3, -0.25) is 4.79 Å². The molecular weight excluding hydrogens is 310 g/mol. The maximum atomic E-state index is 11.9. The molecule has 0 aliphatic carbocycles. The number of ether oxygens (including phenoxy) is 1. The summed E-state index contributed by atoms with van der Waals surface area (Å²) in [4.78, 5) is 11.9. The second-order valence-corrected chi connectivity index (χ2v) is 5.38. The summed E-state index contributed by atoms with van der Waals surface area (Å²) in [6.07, 6.45) is 1.67. The molecule has 1 aromatic carbocycles. The van der Waals surface area contributed by atoms with Gasteiger partial charge in [-0.1, -0.05) is 22.5 Å². The Morgan fingerprint density at radius 1 is 1.33 bits per heavy atom. The fraction of sp³-hybridized carbons (Fsp3) is 0.250. The number of amides is 1. The SMILES string of the molecule is Cc1cccc(OCc2cn(CC(=O)Nc3cc(C)on3)nn2)c1. The minimum Gasteiger partial charge on any atom is -0.487 e. The minimum atomic E-state index is -0.264. The number of benzene rings is 1. The number of nitrogens with zero attached hydrogens (tertiary/aromatic N) is 4. The van der Waals surface area contributed by atoms with Gasteiger partial charge in [0, 0.05) is 6.07 Å². The van der Waals surface area contributed by atoms with Crippen LogP contribution >= 0.6 is 0 Å². The average Bonchev–Trinajstić information content (AvgIpc) is 3.14. The molecule has 2 heterocycles. The van der Waals surface area contributed by atoms with Crippen LogP contribution in [0.1, 0.15) is 17.0 Å².